The molecule has 0 aliphatic carbocycles. The maximum atomic E-state index is 12.7. The Balaban J connectivity index is 1.76. The molecule has 0 heterocycles. The van der Waals surface area contributed by atoms with Crippen LogP contribution in [0.1, 0.15) is 22.3 Å². The van der Waals surface area contributed by atoms with E-state index in [2.05, 4.69) is 10.6 Å². The number of nitriles is 1. The van der Waals surface area contributed by atoms with Crippen molar-refractivity contribution in [3.05, 3.63) is 93.5 Å². The predicted molar refractivity (Wildman–Crippen MR) is 135 cm³/mol. The Bertz CT molecular complexity index is 1310. The molecule has 2 N–H and O–H groups in total. The van der Waals surface area contributed by atoms with Crippen LogP contribution >= 0.6 is 11.6 Å². The Morgan fingerprint density at radius 3 is 2.41 bits per heavy atom. The van der Waals surface area contributed by atoms with Crippen molar-refractivity contribution < 1.29 is 14.3 Å². The first-order valence-electron chi connectivity index (χ1n) is 10.5. The summed E-state index contributed by atoms with van der Waals surface area (Å²) in [5.74, 6) is -0.582. The number of nitrogens with one attached hydrogen (secondary N) is 2. The molecule has 0 saturated carbocycles. The van der Waals surface area contributed by atoms with Gasteiger partial charge in [-0.1, -0.05) is 47.5 Å². The number of anilines is 2. The second-order valence-corrected chi connectivity index (χ2v) is 8.21. The molecule has 7 heteroatoms. The molecule has 0 spiro atoms. The van der Waals surface area contributed by atoms with Gasteiger partial charge in [0.25, 0.3) is 11.8 Å². The second-order valence-electron chi connectivity index (χ2n) is 7.78. The monoisotopic (exact) mass is 473 g/mol. The predicted octanol–water partition coefficient (Wildman–Crippen LogP) is 5.83. The molecule has 0 aromatic heterocycles. The van der Waals surface area contributed by atoms with E-state index >= 15 is 0 Å². The zero-order valence-corrected chi connectivity index (χ0v) is 19.9. The third-order valence-corrected chi connectivity index (χ3v) is 5.28. The molecule has 3 aromatic rings. The maximum absolute atomic E-state index is 12.7. The molecule has 0 aliphatic rings. The van der Waals surface area contributed by atoms with E-state index in [-0.39, 0.29) is 18.1 Å². The molecule has 3 rings (SSSR count). The third kappa shape index (κ3) is 6.47. The SMILES string of the molecule is Cc1ccc(NC(=O)COc2ccc(Cl)cc2/C=C(/C#N)C(=O)Nc2ccccc2C)c(C)c1. The number of carbonyl (C=O) groups is 2. The normalized spacial score (nSPS) is 10.9. The van der Waals surface area contributed by atoms with E-state index in [4.69, 9.17) is 16.3 Å². The zero-order valence-electron chi connectivity index (χ0n) is 19.1. The van der Waals surface area contributed by atoms with E-state index in [9.17, 15) is 14.9 Å². The third-order valence-electron chi connectivity index (χ3n) is 5.04. The van der Waals surface area contributed by atoms with Gasteiger partial charge in [0, 0.05) is 22.0 Å². The van der Waals surface area contributed by atoms with Gasteiger partial charge in [0.1, 0.15) is 17.4 Å². The molecule has 3 aromatic carbocycles. The van der Waals surface area contributed by atoms with Crippen LogP contribution in [0.4, 0.5) is 11.4 Å². The smallest absolute Gasteiger partial charge is 0.266 e. The van der Waals surface area contributed by atoms with Gasteiger partial charge < -0.3 is 15.4 Å². The van der Waals surface area contributed by atoms with Crippen LogP contribution < -0.4 is 15.4 Å². The minimum Gasteiger partial charge on any atom is -0.483 e. The Hall–Kier alpha value is -4.08. The van der Waals surface area contributed by atoms with Gasteiger partial charge in [0.2, 0.25) is 0 Å². The highest BCUT2D eigenvalue weighted by Crippen LogP contribution is 2.26. The molecule has 6 nitrogen and oxygen atoms in total. The van der Waals surface area contributed by atoms with Crippen molar-refractivity contribution >= 4 is 40.9 Å². The highest BCUT2D eigenvalue weighted by atomic mass is 35.5. The van der Waals surface area contributed by atoms with Crippen LogP contribution in [-0.2, 0) is 9.59 Å². The Morgan fingerprint density at radius 2 is 1.71 bits per heavy atom. The van der Waals surface area contributed by atoms with Crippen molar-refractivity contribution in [1.29, 1.82) is 5.26 Å². The minimum atomic E-state index is -0.560. The molecule has 0 bridgehead atoms. The number of rotatable bonds is 7. The number of amides is 2. The fraction of sp³-hybridized carbons (Fsp3) is 0.148. The molecule has 0 fully saturated rings. The average Bonchev–Trinajstić information content (AvgIpc) is 2.80. The number of hydrogen-bond donors (Lipinski definition) is 2. The van der Waals surface area contributed by atoms with Crippen LogP contribution in [0.15, 0.2) is 66.2 Å². The zero-order chi connectivity index (χ0) is 24.7. The molecule has 0 saturated heterocycles. The van der Waals surface area contributed by atoms with Crippen molar-refractivity contribution in [2.45, 2.75) is 20.8 Å². The van der Waals surface area contributed by atoms with Gasteiger partial charge in [-0.05, 0) is 68.3 Å². The lowest BCUT2D eigenvalue weighted by atomic mass is 10.1. The fourth-order valence-corrected chi connectivity index (χ4v) is 3.43. The summed E-state index contributed by atoms with van der Waals surface area (Å²) in [5.41, 5.74) is 4.51. The van der Waals surface area contributed by atoms with Crippen molar-refractivity contribution in [2.24, 2.45) is 0 Å². The van der Waals surface area contributed by atoms with Gasteiger partial charge in [-0.3, -0.25) is 9.59 Å². The van der Waals surface area contributed by atoms with E-state index in [1.807, 2.05) is 57.2 Å². The quantitative estimate of drug-likeness (QED) is 0.333. The van der Waals surface area contributed by atoms with Crippen LogP contribution in [0.3, 0.4) is 0 Å². The summed E-state index contributed by atoms with van der Waals surface area (Å²) in [6.07, 6.45) is 1.39. The fourth-order valence-electron chi connectivity index (χ4n) is 3.25. The van der Waals surface area contributed by atoms with Crippen LogP contribution in [0.5, 0.6) is 5.75 Å². The Labute approximate surface area is 203 Å². The summed E-state index contributed by atoms with van der Waals surface area (Å²) in [5, 5.41) is 15.5. The Kier molecular flexibility index (Phi) is 8.07. The van der Waals surface area contributed by atoms with Crippen molar-refractivity contribution in [3.8, 4) is 11.8 Å². The second kappa shape index (κ2) is 11.2. The number of hydrogen-bond acceptors (Lipinski definition) is 4. The van der Waals surface area contributed by atoms with Gasteiger partial charge in [-0.25, -0.2) is 0 Å². The minimum absolute atomic E-state index is 0.130. The molecule has 0 atom stereocenters. The lowest BCUT2D eigenvalue weighted by Crippen LogP contribution is -2.21. The number of nitrogens with zero attached hydrogens (tertiary/aromatic N) is 1. The lowest BCUT2D eigenvalue weighted by molar-refractivity contribution is -0.118. The summed E-state index contributed by atoms with van der Waals surface area (Å²) in [6, 6.07) is 19.7. The number of carbonyl (C=O) groups excluding carboxylic acids is 2. The van der Waals surface area contributed by atoms with E-state index < -0.39 is 5.91 Å². The van der Waals surface area contributed by atoms with Crippen LogP contribution in [0, 0.1) is 32.1 Å². The number of para-hydroxylation sites is 1. The molecule has 0 unspecified atom stereocenters. The topological polar surface area (TPSA) is 91.2 Å². The summed E-state index contributed by atoms with van der Waals surface area (Å²) in [6.45, 7) is 5.50. The van der Waals surface area contributed by atoms with Gasteiger partial charge in [-0.2, -0.15) is 5.26 Å². The molecule has 0 radical (unpaired) electrons. The van der Waals surface area contributed by atoms with E-state index in [1.54, 1.807) is 30.3 Å². The average molecular weight is 474 g/mol. The number of aryl methyl sites for hydroxylation is 3. The lowest BCUT2D eigenvalue weighted by Gasteiger charge is -2.12. The van der Waals surface area contributed by atoms with E-state index in [0.717, 1.165) is 16.7 Å². The summed E-state index contributed by atoms with van der Waals surface area (Å²) in [4.78, 5) is 25.1. The molecular weight excluding hydrogens is 450 g/mol. The van der Waals surface area contributed by atoms with Crippen molar-refractivity contribution in [2.75, 3.05) is 17.2 Å². The first-order valence-corrected chi connectivity index (χ1v) is 10.9. The van der Waals surface area contributed by atoms with Gasteiger partial charge in [0.15, 0.2) is 6.61 Å². The van der Waals surface area contributed by atoms with Gasteiger partial charge >= 0.3 is 0 Å². The van der Waals surface area contributed by atoms with Gasteiger partial charge in [0.05, 0.1) is 0 Å². The molecule has 2 amide bonds. The Morgan fingerprint density at radius 1 is 0.971 bits per heavy atom. The van der Waals surface area contributed by atoms with Crippen LogP contribution in [-0.4, -0.2) is 18.4 Å². The van der Waals surface area contributed by atoms with Gasteiger partial charge in [-0.15, -0.1) is 0 Å². The standard InChI is InChI=1S/C27H24ClN3O3/c1-17-8-10-24(19(3)12-17)30-26(32)16-34-25-11-9-22(28)14-20(25)13-21(15-29)27(33)31-23-7-5-4-6-18(23)2/h4-14H,16H2,1-3H3,(H,30,32)(H,31,33)/b21-13-. The number of halogens is 1. The molecule has 34 heavy (non-hydrogen) atoms. The van der Waals surface area contributed by atoms with Crippen molar-refractivity contribution in [1.82, 2.24) is 0 Å². The summed E-state index contributed by atoms with van der Waals surface area (Å²) in [7, 11) is 0. The number of ether oxygens (including phenoxy) is 1. The van der Waals surface area contributed by atoms with E-state index in [1.165, 1.54) is 6.08 Å². The highest BCUT2D eigenvalue weighted by Gasteiger charge is 2.14. The number of benzene rings is 3. The van der Waals surface area contributed by atoms with Crippen LogP contribution in [0.2, 0.25) is 5.02 Å². The summed E-state index contributed by atoms with van der Waals surface area (Å²) < 4.78 is 5.70. The molecule has 0 aliphatic heterocycles. The molecular formula is C27H24ClN3O3. The highest BCUT2D eigenvalue weighted by molar-refractivity contribution is 6.30. The summed E-state index contributed by atoms with van der Waals surface area (Å²) >= 11 is 6.13. The first kappa shape index (κ1) is 24.6. The largest absolute Gasteiger partial charge is 0.483 e. The first-order chi connectivity index (χ1) is 16.3. The molecule has 172 valence electrons. The van der Waals surface area contributed by atoms with Crippen molar-refractivity contribution in [3.63, 3.8) is 0 Å². The maximum Gasteiger partial charge on any atom is 0.266 e. The van der Waals surface area contributed by atoms with E-state index in [0.29, 0.717) is 27.7 Å². The van der Waals surface area contributed by atoms with Crippen LogP contribution in [0.25, 0.3) is 6.08 Å².